The van der Waals surface area contributed by atoms with Crippen LogP contribution in [0, 0.1) is 23.6 Å². The molecule has 0 saturated heterocycles. The number of fused-ring (bicyclic) bond motifs is 3. The van der Waals surface area contributed by atoms with E-state index in [2.05, 4.69) is 43.0 Å². The summed E-state index contributed by atoms with van der Waals surface area (Å²) in [4.78, 5) is 0. The van der Waals surface area contributed by atoms with E-state index in [0.29, 0.717) is 5.92 Å². The zero-order chi connectivity index (χ0) is 20.6. The summed E-state index contributed by atoms with van der Waals surface area (Å²) in [6.45, 7) is 2.13. The number of hydrogen-bond acceptors (Lipinski definition) is 0. The lowest BCUT2D eigenvalue weighted by Gasteiger charge is -2.30. The molecule has 0 amide bonds. The fraction of sp³-hybridized carbons (Fsp3) is 0.280. The summed E-state index contributed by atoms with van der Waals surface area (Å²) < 4.78 is 52.2. The van der Waals surface area contributed by atoms with Crippen LogP contribution in [0.15, 0.2) is 54.6 Å². The fourth-order valence-electron chi connectivity index (χ4n) is 4.29. The molecule has 29 heavy (non-hydrogen) atoms. The molecular formula is C25H20F4. The second-order valence-electron chi connectivity index (χ2n) is 7.50. The highest BCUT2D eigenvalue weighted by atomic mass is 19.4. The Kier molecular flexibility index (Phi) is 5.08. The van der Waals surface area contributed by atoms with E-state index in [0.717, 1.165) is 31.4 Å². The van der Waals surface area contributed by atoms with Crippen molar-refractivity contribution in [3.8, 4) is 11.8 Å². The van der Waals surface area contributed by atoms with Crippen molar-refractivity contribution in [2.24, 2.45) is 5.92 Å². The van der Waals surface area contributed by atoms with Gasteiger partial charge in [0.25, 0.3) is 0 Å². The normalized spacial score (nSPS) is 18.8. The van der Waals surface area contributed by atoms with Gasteiger partial charge in [0, 0.05) is 11.5 Å². The zero-order valence-electron chi connectivity index (χ0n) is 16.0. The highest BCUT2D eigenvalue weighted by Crippen LogP contribution is 2.40. The summed E-state index contributed by atoms with van der Waals surface area (Å²) in [6, 6.07) is 15.3. The first-order chi connectivity index (χ1) is 13.9. The summed E-state index contributed by atoms with van der Waals surface area (Å²) in [5, 5.41) is 2.42. The lowest BCUT2D eigenvalue weighted by Crippen LogP contribution is -2.19. The summed E-state index contributed by atoms with van der Waals surface area (Å²) in [7, 11) is 0. The molecule has 0 fully saturated rings. The molecule has 0 N–H and O–H groups in total. The molecule has 1 aliphatic carbocycles. The smallest absolute Gasteiger partial charge is 0.206 e. The highest BCUT2D eigenvalue weighted by Gasteiger charge is 2.34. The van der Waals surface area contributed by atoms with Gasteiger partial charge >= 0.3 is 6.18 Å². The monoisotopic (exact) mass is 396 g/mol. The third-order valence-electron chi connectivity index (χ3n) is 5.82. The summed E-state index contributed by atoms with van der Waals surface area (Å²) >= 11 is 0. The second-order valence-corrected chi connectivity index (χ2v) is 7.50. The van der Waals surface area contributed by atoms with E-state index in [4.69, 9.17) is 0 Å². The van der Waals surface area contributed by atoms with Crippen LogP contribution in [0.5, 0.6) is 0 Å². The Morgan fingerprint density at radius 3 is 2.55 bits per heavy atom. The molecule has 0 radical (unpaired) electrons. The van der Waals surface area contributed by atoms with Gasteiger partial charge < -0.3 is 0 Å². The topological polar surface area (TPSA) is 0 Å². The van der Waals surface area contributed by atoms with Crippen molar-refractivity contribution >= 4 is 10.8 Å². The van der Waals surface area contributed by atoms with Crippen LogP contribution in [-0.2, 0) is 12.6 Å². The first-order valence-corrected chi connectivity index (χ1v) is 9.77. The molecule has 0 aromatic heterocycles. The molecule has 4 heteroatoms. The van der Waals surface area contributed by atoms with E-state index in [-0.39, 0.29) is 11.5 Å². The van der Waals surface area contributed by atoms with E-state index >= 15 is 0 Å². The summed E-state index contributed by atoms with van der Waals surface area (Å²) in [5.41, 5.74) is 1.48. The lowest BCUT2D eigenvalue weighted by atomic mass is 9.73. The van der Waals surface area contributed by atoms with Gasteiger partial charge in [0.05, 0.1) is 5.56 Å². The number of hydrogen-bond donors (Lipinski definition) is 0. The van der Waals surface area contributed by atoms with Crippen LogP contribution >= 0.6 is 0 Å². The van der Waals surface area contributed by atoms with E-state index in [1.54, 1.807) is 0 Å². The molecule has 0 unspecified atom stereocenters. The standard InChI is InChI=1S/C25H20F4/c1-2-17-9-12-21-19-6-4-3-5-18(19)10-13-22(21)20(17)11-7-16-8-14-23(24(26)15-16)25(27,28)29/h3-6,8,10,13-15,17,20H,2,9,12H2,1H3/t17-,20+/m1/s1. The quantitative estimate of drug-likeness (QED) is 0.304. The average molecular weight is 396 g/mol. The molecule has 4 rings (SSSR count). The molecule has 0 heterocycles. The Labute approximate surface area is 167 Å². The Balaban J connectivity index is 1.74. The molecule has 0 saturated carbocycles. The van der Waals surface area contributed by atoms with Gasteiger partial charge in [-0.25, -0.2) is 4.39 Å². The Morgan fingerprint density at radius 1 is 1.03 bits per heavy atom. The van der Waals surface area contributed by atoms with Crippen LogP contribution in [-0.4, -0.2) is 0 Å². The molecule has 0 aliphatic heterocycles. The molecule has 2 atom stereocenters. The van der Waals surface area contributed by atoms with Crippen LogP contribution in [0.4, 0.5) is 17.6 Å². The minimum Gasteiger partial charge on any atom is -0.206 e. The Bertz CT molecular complexity index is 1120. The number of benzene rings is 3. The minimum absolute atomic E-state index is 0.0151. The summed E-state index contributed by atoms with van der Waals surface area (Å²) in [6.07, 6.45) is -1.74. The second kappa shape index (κ2) is 7.55. The van der Waals surface area contributed by atoms with E-state index in [1.165, 1.54) is 28.0 Å². The maximum absolute atomic E-state index is 13.9. The van der Waals surface area contributed by atoms with Gasteiger partial charge in [-0.1, -0.05) is 61.6 Å². The van der Waals surface area contributed by atoms with Gasteiger partial charge in [0.1, 0.15) is 5.82 Å². The van der Waals surface area contributed by atoms with Crippen molar-refractivity contribution < 1.29 is 17.6 Å². The third kappa shape index (κ3) is 3.74. The van der Waals surface area contributed by atoms with Crippen LogP contribution in [0.25, 0.3) is 10.8 Å². The van der Waals surface area contributed by atoms with Crippen LogP contribution in [0.2, 0.25) is 0 Å². The number of halogens is 4. The predicted molar refractivity (Wildman–Crippen MR) is 107 cm³/mol. The van der Waals surface area contributed by atoms with E-state index in [9.17, 15) is 17.6 Å². The maximum Gasteiger partial charge on any atom is 0.419 e. The number of rotatable bonds is 1. The van der Waals surface area contributed by atoms with Crippen molar-refractivity contribution in [2.45, 2.75) is 38.3 Å². The molecule has 0 nitrogen and oxygen atoms in total. The minimum atomic E-state index is -4.70. The molecule has 0 bridgehead atoms. The van der Waals surface area contributed by atoms with Crippen molar-refractivity contribution in [2.75, 3.05) is 0 Å². The van der Waals surface area contributed by atoms with Crippen molar-refractivity contribution in [1.29, 1.82) is 0 Å². The SMILES string of the molecule is CC[C@@H]1CCc2c(ccc3ccccc23)[C@H]1C#Cc1ccc(C(F)(F)F)c(F)c1. The van der Waals surface area contributed by atoms with Gasteiger partial charge in [0.2, 0.25) is 0 Å². The van der Waals surface area contributed by atoms with Gasteiger partial charge in [-0.05, 0) is 58.9 Å². The number of aryl methyl sites for hydroxylation is 1. The first kappa shape index (κ1) is 19.5. The fourth-order valence-corrected chi connectivity index (χ4v) is 4.29. The van der Waals surface area contributed by atoms with Crippen LogP contribution in [0.1, 0.15) is 47.9 Å². The maximum atomic E-state index is 13.9. The van der Waals surface area contributed by atoms with Crippen LogP contribution in [0.3, 0.4) is 0 Å². The molecule has 1 aliphatic rings. The molecular weight excluding hydrogens is 376 g/mol. The van der Waals surface area contributed by atoms with E-state index < -0.39 is 17.6 Å². The Hall–Kier alpha value is -2.80. The van der Waals surface area contributed by atoms with Gasteiger partial charge in [-0.3, -0.25) is 0 Å². The first-order valence-electron chi connectivity index (χ1n) is 9.77. The van der Waals surface area contributed by atoms with Gasteiger partial charge in [-0.2, -0.15) is 13.2 Å². The summed E-state index contributed by atoms with van der Waals surface area (Å²) in [5.74, 6) is 5.25. The van der Waals surface area contributed by atoms with Crippen LogP contribution < -0.4 is 0 Å². The largest absolute Gasteiger partial charge is 0.419 e. The van der Waals surface area contributed by atoms with E-state index in [1.807, 2.05) is 12.1 Å². The molecule has 0 spiro atoms. The van der Waals surface area contributed by atoms with Gasteiger partial charge in [0.15, 0.2) is 0 Å². The third-order valence-corrected chi connectivity index (χ3v) is 5.82. The molecule has 148 valence electrons. The lowest BCUT2D eigenvalue weighted by molar-refractivity contribution is -0.140. The highest BCUT2D eigenvalue weighted by molar-refractivity contribution is 5.87. The number of alkyl halides is 3. The zero-order valence-corrected chi connectivity index (χ0v) is 16.0. The average Bonchev–Trinajstić information content (AvgIpc) is 2.70. The Morgan fingerprint density at radius 2 is 1.83 bits per heavy atom. The predicted octanol–water partition coefficient (Wildman–Crippen LogP) is 7.11. The van der Waals surface area contributed by atoms with Crippen molar-refractivity contribution in [1.82, 2.24) is 0 Å². The van der Waals surface area contributed by atoms with Crippen molar-refractivity contribution in [3.63, 3.8) is 0 Å². The van der Waals surface area contributed by atoms with Crippen molar-refractivity contribution in [3.05, 3.63) is 82.7 Å². The molecule has 3 aromatic rings. The van der Waals surface area contributed by atoms with Gasteiger partial charge in [-0.15, -0.1) is 0 Å². The molecule has 3 aromatic carbocycles.